The maximum absolute atomic E-state index is 12.6. The van der Waals surface area contributed by atoms with Gasteiger partial charge in [0.2, 0.25) is 11.7 Å². The van der Waals surface area contributed by atoms with Gasteiger partial charge in [0.15, 0.2) is 9.84 Å². The molecule has 2 aliphatic carbocycles. The monoisotopic (exact) mass is 444 g/mol. The molecule has 8 nitrogen and oxygen atoms in total. The third kappa shape index (κ3) is 3.77. The number of thiophene rings is 1. The van der Waals surface area contributed by atoms with E-state index in [9.17, 15) is 13.2 Å². The molecule has 1 N–H and O–H groups in total. The van der Waals surface area contributed by atoms with Crippen LogP contribution in [0.25, 0.3) is 11.4 Å². The van der Waals surface area contributed by atoms with Gasteiger partial charge in [-0.1, -0.05) is 5.16 Å². The fourth-order valence-electron chi connectivity index (χ4n) is 3.19. The summed E-state index contributed by atoms with van der Waals surface area (Å²) in [7, 11) is -3.30. The summed E-state index contributed by atoms with van der Waals surface area (Å²) < 4.78 is 30.2. The number of carbonyl (C=O) groups is 1. The molecular formula is C20H20N4O4S2. The lowest BCUT2D eigenvalue weighted by Gasteiger charge is -2.08. The van der Waals surface area contributed by atoms with Gasteiger partial charge in [0, 0.05) is 23.4 Å². The third-order valence-corrected chi connectivity index (χ3v) is 9.12. The van der Waals surface area contributed by atoms with Gasteiger partial charge in [0.05, 0.1) is 10.1 Å². The van der Waals surface area contributed by atoms with Crippen molar-refractivity contribution >= 4 is 27.1 Å². The van der Waals surface area contributed by atoms with Crippen molar-refractivity contribution < 1.29 is 17.7 Å². The van der Waals surface area contributed by atoms with E-state index in [1.807, 2.05) is 12.1 Å². The second-order valence-electron chi connectivity index (χ2n) is 7.76. The van der Waals surface area contributed by atoms with Crippen LogP contribution in [0.3, 0.4) is 0 Å². The van der Waals surface area contributed by atoms with E-state index < -0.39 is 15.9 Å². The molecule has 156 valence electrons. The Bertz CT molecular complexity index is 1210. The van der Waals surface area contributed by atoms with E-state index in [-0.39, 0.29) is 21.3 Å². The number of pyridine rings is 1. The van der Waals surface area contributed by atoms with Gasteiger partial charge in [-0.3, -0.25) is 9.78 Å². The van der Waals surface area contributed by atoms with Crippen LogP contribution in [-0.4, -0.2) is 34.7 Å². The highest BCUT2D eigenvalue weighted by atomic mass is 32.2. The summed E-state index contributed by atoms with van der Waals surface area (Å²) in [6.45, 7) is 1.74. The Kier molecular flexibility index (Phi) is 4.70. The molecule has 3 aromatic heterocycles. The number of hydrogen-bond acceptors (Lipinski definition) is 8. The van der Waals surface area contributed by atoms with Crippen LogP contribution in [-0.2, 0) is 9.84 Å². The molecule has 3 heterocycles. The number of aromatic nitrogens is 3. The number of rotatable bonds is 7. The van der Waals surface area contributed by atoms with Crippen LogP contribution in [0.15, 0.2) is 39.2 Å². The molecule has 3 aromatic rings. The van der Waals surface area contributed by atoms with Crippen LogP contribution in [0.1, 0.15) is 65.8 Å². The van der Waals surface area contributed by atoms with Gasteiger partial charge in [-0.2, -0.15) is 4.98 Å². The van der Waals surface area contributed by atoms with E-state index in [4.69, 9.17) is 4.52 Å². The molecule has 5 rings (SSSR count). The first kappa shape index (κ1) is 19.4. The summed E-state index contributed by atoms with van der Waals surface area (Å²) in [5.74, 6) is 0.883. The lowest BCUT2D eigenvalue weighted by atomic mass is 10.2. The minimum atomic E-state index is -3.30. The molecule has 0 unspecified atom stereocenters. The minimum Gasteiger partial charge on any atom is -0.340 e. The van der Waals surface area contributed by atoms with Crippen LogP contribution >= 0.6 is 11.3 Å². The summed E-state index contributed by atoms with van der Waals surface area (Å²) >= 11 is 0.992. The molecule has 2 aliphatic rings. The molecule has 2 fully saturated rings. The van der Waals surface area contributed by atoms with E-state index in [1.165, 1.54) is 12.1 Å². The first-order valence-electron chi connectivity index (χ1n) is 9.86. The van der Waals surface area contributed by atoms with E-state index in [0.29, 0.717) is 29.5 Å². The molecule has 0 saturated heterocycles. The quantitative estimate of drug-likeness (QED) is 0.593. The second kappa shape index (κ2) is 7.28. The fourth-order valence-corrected chi connectivity index (χ4v) is 6.31. The van der Waals surface area contributed by atoms with E-state index in [2.05, 4.69) is 20.4 Å². The summed E-state index contributed by atoms with van der Waals surface area (Å²) in [5.41, 5.74) is 1.86. The Balaban J connectivity index is 1.28. The average Bonchev–Trinajstić information content (AvgIpc) is 3.66. The molecule has 0 radical (unpaired) electrons. The predicted molar refractivity (Wildman–Crippen MR) is 110 cm³/mol. The molecule has 10 heteroatoms. The fraction of sp³-hybridized carbons (Fsp3) is 0.400. The Hall–Kier alpha value is -2.59. The Morgan fingerprint density at radius 3 is 2.77 bits per heavy atom. The van der Waals surface area contributed by atoms with Crippen molar-refractivity contribution in [2.75, 3.05) is 0 Å². The molecule has 0 bridgehead atoms. The van der Waals surface area contributed by atoms with Crippen molar-refractivity contribution in [3.8, 4) is 11.4 Å². The van der Waals surface area contributed by atoms with Crippen LogP contribution in [0.2, 0.25) is 0 Å². The largest absolute Gasteiger partial charge is 0.340 e. The number of sulfone groups is 1. The van der Waals surface area contributed by atoms with Gasteiger partial charge in [0.1, 0.15) is 10.3 Å². The van der Waals surface area contributed by atoms with Crippen LogP contribution in [0, 0.1) is 0 Å². The van der Waals surface area contributed by atoms with Crippen molar-refractivity contribution in [1.82, 2.24) is 20.4 Å². The first-order valence-corrected chi connectivity index (χ1v) is 12.2. The Morgan fingerprint density at radius 1 is 1.23 bits per heavy atom. The van der Waals surface area contributed by atoms with E-state index in [0.717, 1.165) is 35.4 Å². The maximum atomic E-state index is 12.6. The predicted octanol–water partition coefficient (Wildman–Crippen LogP) is 3.50. The highest BCUT2D eigenvalue weighted by Gasteiger charge is 2.38. The highest BCUT2D eigenvalue weighted by Crippen LogP contribution is 2.40. The van der Waals surface area contributed by atoms with E-state index in [1.54, 1.807) is 13.1 Å². The van der Waals surface area contributed by atoms with Gasteiger partial charge in [-0.25, -0.2) is 8.42 Å². The van der Waals surface area contributed by atoms with Crippen molar-refractivity contribution in [3.05, 3.63) is 46.9 Å². The molecule has 0 aliphatic heterocycles. The standard InChI is InChI=1S/C20H20N4O4S2/c1-11(22-19(25)16-6-7-17(29-16)30(26,27)14-4-5-14)20-23-18(24-28-20)13-8-9-21-15(10-13)12-2-3-12/h6-12,14H,2-5H2,1H3,(H,22,25)/t11-/m0/s1. The topological polar surface area (TPSA) is 115 Å². The highest BCUT2D eigenvalue weighted by molar-refractivity contribution is 7.94. The molecule has 0 spiro atoms. The average molecular weight is 445 g/mol. The van der Waals surface area contributed by atoms with Crippen LogP contribution < -0.4 is 5.32 Å². The third-order valence-electron chi connectivity index (χ3n) is 5.24. The molecular weight excluding hydrogens is 424 g/mol. The molecule has 1 atom stereocenters. The summed E-state index contributed by atoms with van der Waals surface area (Å²) in [5, 5.41) is 6.53. The van der Waals surface area contributed by atoms with Crippen molar-refractivity contribution in [2.45, 2.75) is 54.0 Å². The molecule has 2 saturated carbocycles. The van der Waals surface area contributed by atoms with Crippen LogP contribution in [0.5, 0.6) is 0 Å². The summed E-state index contributed by atoms with van der Waals surface area (Å²) in [4.78, 5) is 21.7. The zero-order chi connectivity index (χ0) is 20.9. The van der Waals surface area contributed by atoms with Gasteiger partial charge in [-0.15, -0.1) is 11.3 Å². The first-order chi connectivity index (χ1) is 14.4. The molecule has 30 heavy (non-hydrogen) atoms. The van der Waals surface area contributed by atoms with Gasteiger partial charge < -0.3 is 9.84 Å². The Morgan fingerprint density at radius 2 is 2.03 bits per heavy atom. The van der Waals surface area contributed by atoms with Gasteiger partial charge in [-0.05, 0) is 56.9 Å². The SMILES string of the molecule is C[C@H](NC(=O)c1ccc(S(=O)(=O)C2CC2)s1)c1nc(-c2ccnc(C3CC3)c2)no1. The summed E-state index contributed by atoms with van der Waals surface area (Å²) in [6, 6.07) is 6.33. The van der Waals surface area contributed by atoms with E-state index >= 15 is 0 Å². The number of nitrogens with one attached hydrogen (secondary N) is 1. The zero-order valence-corrected chi connectivity index (χ0v) is 17.9. The zero-order valence-electron chi connectivity index (χ0n) is 16.2. The van der Waals surface area contributed by atoms with Gasteiger partial charge in [0.25, 0.3) is 5.91 Å². The lowest BCUT2D eigenvalue weighted by Crippen LogP contribution is -2.26. The number of carbonyl (C=O) groups excluding carboxylic acids is 1. The van der Waals surface area contributed by atoms with Crippen molar-refractivity contribution in [2.24, 2.45) is 0 Å². The number of hydrogen-bond donors (Lipinski definition) is 1. The minimum absolute atomic E-state index is 0.243. The molecule has 0 aromatic carbocycles. The maximum Gasteiger partial charge on any atom is 0.262 e. The Labute approximate surface area is 177 Å². The normalized spacial score (nSPS) is 17.6. The van der Waals surface area contributed by atoms with Crippen molar-refractivity contribution in [3.63, 3.8) is 0 Å². The number of amides is 1. The van der Waals surface area contributed by atoms with Crippen molar-refractivity contribution in [1.29, 1.82) is 0 Å². The van der Waals surface area contributed by atoms with Gasteiger partial charge >= 0.3 is 0 Å². The van der Waals surface area contributed by atoms with Crippen LogP contribution in [0.4, 0.5) is 0 Å². The smallest absolute Gasteiger partial charge is 0.262 e. The second-order valence-corrected chi connectivity index (χ2v) is 11.3. The molecule has 1 amide bonds. The lowest BCUT2D eigenvalue weighted by molar-refractivity contribution is 0.0936. The summed E-state index contributed by atoms with van der Waals surface area (Å²) in [6.07, 6.45) is 5.44. The number of nitrogens with zero attached hydrogens (tertiary/aromatic N) is 3.